The number of aliphatic hydroxyl groups excluding tert-OH is 1. The summed E-state index contributed by atoms with van der Waals surface area (Å²) in [7, 11) is 0. The third-order valence-corrected chi connectivity index (χ3v) is 5.38. The van der Waals surface area contributed by atoms with Crippen LogP contribution < -0.4 is 10.1 Å². The second kappa shape index (κ2) is 10.1. The Balaban J connectivity index is 1.54. The van der Waals surface area contributed by atoms with Gasteiger partial charge < -0.3 is 24.8 Å². The Kier molecular flexibility index (Phi) is 7.53. The van der Waals surface area contributed by atoms with Gasteiger partial charge in [-0.25, -0.2) is 4.79 Å². The number of urea groups is 1. The molecule has 2 amide bonds. The molecular weight excluding hydrogens is 358 g/mol. The average Bonchev–Trinajstić information content (AvgIpc) is 2.69. The number of amides is 2. The number of nitrogens with one attached hydrogen (secondary N) is 1. The van der Waals surface area contributed by atoms with Crippen molar-refractivity contribution in [2.24, 2.45) is 0 Å². The number of carbonyl (C=O) groups excluding carboxylic acids is 1. The molecule has 2 heterocycles. The maximum absolute atomic E-state index is 12.8. The smallest absolute Gasteiger partial charge is 0.322 e. The topological polar surface area (TPSA) is 74.3 Å². The summed E-state index contributed by atoms with van der Waals surface area (Å²) in [6.07, 6.45) is 3.07. The first-order chi connectivity index (χ1) is 13.5. The maximum atomic E-state index is 12.8. The number of hydrogen-bond donors (Lipinski definition) is 2. The molecule has 7 heteroatoms. The Bertz CT molecular complexity index is 634. The number of para-hydroxylation sites is 2. The highest BCUT2D eigenvalue weighted by molar-refractivity contribution is 5.91. The molecule has 2 aliphatic heterocycles. The largest absolute Gasteiger partial charge is 0.489 e. The summed E-state index contributed by atoms with van der Waals surface area (Å²) in [5, 5.41) is 12.6. The number of carbonyl (C=O) groups is 1. The predicted molar refractivity (Wildman–Crippen MR) is 109 cm³/mol. The molecule has 3 rings (SSSR count). The Morgan fingerprint density at radius 1 is 1.36 bits per heavy atom. The second-order valence-electron chi connectivity index (χ2n) is 7.86. The van der Waals surface area contributed by atoms with Gasteiger partial charge in [0, 0.05) is 38.8 Å². The molecule has 0 bridgehead atoms. The van der Waals surface area contributed by atoms with E-state index in [0.29, 0.717) is 37.7 Å². The average molecular weight is 392 g/mol. The molecule has 1 aromatic rings. The van der Waals surface area contributed by atoms with Gasteiger partial charge in [0.1, 0.15) is 12.4 Å². The van der Waals surface area contributed by atoms with Crippen molar-refractivity contribution in [1.29, 1.82) is 0 Å². The monoisotopic (exact) mass is 391 g/mol. The van der Waals surface area contributed by atoms with Gasteiger partial charge in [0.05, 0.1) is 17.9 Å². The van der Waals surface area contributed by atoms with E-state index in [1.807, 2.05) is 29.2 Å². The van der Waals surface area contributed by atoms with Gasteiger partial charge in [0.25, 0.3) is 0 Å². The van der Waals surface area contributed by atoms with Crippen LogP contribution in [0.3, 0.4) is 0 Å². The minimum absolute atomic E-state index is 0.117. The highest BCUT2D eigenvalue weighted by atomic mass is 16.5. The molecule has 0 aromatic heterocycles. The molecule has 7 nitrogen and oxygen atoms in total. The van der Waals surface area contributed by atoms with Crippen molar-refractivity contribution in [1.82, 2.24) is 9.80 Å². The maximum Gasteiger partial charge on any atom is 0.322 e. The van der Waals surface area contributed by atoms with E-state index in [9.17, 15) is 9.90 Å². The normalized spacial score (nSPS) is 24.6. The van der Waals surface area contributed by atoms with Gasteiger partial charge in [-0.15, -0.1) is 0 Å². The fourth-order valence-electron chi connectivity index (χ4n) is 3.80. The number of aliphatic hydroxyl groups is 1. The van der Waals surface area contributed by atoms with Crippen molar-refractivity contribution < 1.29 is 19.4 Å². The molecule has 0 spiro atoms. The van der Waals surface area contributed by atoms with Gasteiger partial charge in [0.2, 0.25) is 0 Å². The molecule has 2 aliphatic rings. The standard InChI is InChI=1S/C21H33N3O4/c1-16-13-24(11-10-23(16)14-17(2)25)21(26)22-19-8-3-4-9-20(19)28-15-18-7-5-6-12-27-18/h3-4,8-9,16-18,25H,5-7,10-15H2,1-2H3,(H,22,26)/t16-,17+,18+/m1/s1. The van der Waals surface area contributed by atoms with Crippen LogP contribution in [-0.4, -0.2) is 78.6 Å². The van der Waals surface area contributed by atoms with E-state index in [-0.39, 0.29) is 24.3 Å². The van der Waals surface area contributed by atoms with Gasteiger partial charge >= 0.3 is 6.03 Å². The fourth-order valence-corrected chi connectivity index (χ4v) is 3.80. The zero-order valence-electron chi connectivity index (χ0n) is 17.0. The van der Waals surface area contributed by atoms with E-state index < -0.39 is 0 Å². The summed E-state index contributed by atoms with van der Waals surface area (Å²) in [4.78, 5) is 16.8. The molecular formula is C21H33N3O4. The van der Waals surface area contributed by atoms with Crippen molar-refractivity contribution in [2.75, 3.05) is 44.7 Å². The van der Waals surface area contributed by atoms with E-state index in [2.05, 4.69) is 17.1 Å². The number of ether oxygens (including phenoxy) is 2. The molecule has 0 saturated carbocycles. The van der Waals surface area contributed by atoms with Crippen LogP contribution in [0.1, 0.15) is 33.1 Å². The van der Waals surface area contributed by atoms with Crippen LogP contribution in [0, 0.1) is 0 Å². The third-order valence-electron chi connectivity index (χ3n) is 5.38. The number of rotatable bonds is 6. The Hall–Kier alpha value is -1.83. The summed E-state index contributed by atoms with van der Waals surface area (Å²) in [5.41, 5.74) is 0.683. The van der Waals surface area contributed by atoms with Crippen LogP contribution in [0.5, 0.6) is 5.75 Å². The first-order valence-electron chi connectivity index (χ1n) is 10.3. The molecule has 2 saturated heterocycles. The minimum Gasteiger partial charge on any atom is -0.489 e. The number of hydrogen-bond acceptors (Lipinski definition) is 5. The van der Waals surface area contributed by atoms with Crippen molar-refractivity contribution in [3.05, 3.63) is 24.3 Å². The molecule has 156 valence electrons. The predicted octanol–water partition coefficient (Wildman–Crippen LogP) is 2.55. The van der Waals surface area contributed by atoms with Crippen LogP contribution in [0.4, 0.5) is 10.5 Å². The summed E-state index contributed by atoms with van der Waals surface area (Å²) in [6, 6.07) is 7.63. The first kappa shape index (κ1) is 20.9. The quantitative estimate of drug-likeness (QED) is 0.780. The van der Waals surface area contributed by atoms with Gasteiger partial charge in [-0.05, 0) is 45.2 Å². The van der Waals surface area contributed by atoms with E-state index in [1.54, 1.807) is 6.92 Å². The lowest BCUT2D eigenvalue weighted by molar-refractivity contribution is -0.0109. The van der Waals surface area contributed by atoms with Crippen molar-refractivity contribution in [3.63, 3.8) is 0 Å². The lowest BCUT2D eigenvalue weighted by Gasteiger charge is -2.40. The highest BCUT2D eigenvalue weighted by Gasteiger charge is 2.27. The molecule has 2 N–H and O–H groups in total. The number of nitrogens with zero attached hydrogens (tertiary/aromatic N) is 2. The van der Waals surface area contributed by atoms with E-state index in [4.69, 9.17) is 9.47 Å². The van der Waals surface area contributed by atoms with Crippen LogP contribution in [0.25, 0.3) is 0 Å². The van der Waals surface area contributed by atoms with Crippen LogP contribution in [0.15, 0.2) is 24.3 Å². The lowest BCUT2D eigenvalue weighted by Crippen LogP contribution is -2.55. The molecule has 0 radical (unpaired) electrons. The van der Waals surface area contributed by atoms with Crippen molar-refractivity contribution >= 4 is 11.7 Å². The number of piperazine rings is 1. The van der Waals surface area contributed by atoms with E-state index in [0.717, 1.165) is 26.0 Å². The van der Waals surface area contributed by atoms with Crippen LogP contribution in [-0.2, 0) is 4.74 Å². The Morgan fingerprint density at radius 3 is 2.89 bits per heavy atom. The minimum atomic E-state index is -0.361. The van der Waals surface area contributed by atoms with E-state index in [1.165, 1.54) is 6.42 Å². The van der Waals surface area contributed by atoms with E-state index >= 15 is 0 Å². The zero-order valence-corrected chi connectivity index (χ0v) is 17.0. The molecule has 0 unspecified atom stereocenters. The number of anilines is 1. The third kappa shape index (κ3) is 5.83. The highest BCUT2D eigenvalue weighted by Crippen LogP contribution is 2.25. The Morgan fingerprint density at radius 2 is 2.18 bits per heavy atom. The molecule has 1 aromatic carbocycles. The summed E-state index contributed by atoms with van der Waals surface area (Å²) in [5.74, 6) is 0.672. The molecule has 28 heavy (non-hydrogen) atoms. The lowest BCUT2D eigenvalue weighted by atomic mass is 10.1. The Labute approximate surface area is 167 Å². The van der Waals surface area contributed by atoms with Crippen molar-refractivity contribution in [2.45, 2.75) is 51.4 Å². The van der Waals surface area contributed by atoms with Gasteiger partial charge in [-0.2, -0.15) is 0 Å². The van der Waals surface area contributed by atoms with Crippen LogP contribution in [0.2, 0.25) is 0 Å². The van der Waals surface area contributed by atoms with Gasteiger partial charge in [0.15, 0.2) is 0 Å². The van der Waals surface area contributed by atoms with Crippen LogP contribution >= 0.6 is 0 Å². The number of benzene rings is 1. The summed E-state index contributed by atoms with van der Waals surface area (Å²) < 4.78 is 11.7. The zero-order chi connectivity index (χ0) is 19.9. The number of β-amino-alcohol motifs (C(OH)–C–C–N with tert-alkyl or cyclic N) is 1. The van der Waals surface area contributed by atoms with Gasteiger partial charge in [-0.1, -0.05) is 12.1 Å². The second-order valence-corrected chi connectivity index (χ2v) is 7.86. The fraction of sp³-hybridized carbons (Fsp3) is 0.667. The molecule has 3 atom stereocenters. The summed E-state index contributed by atoms with van der Waals surface area (Å²) >= 11 is 0. The SMILES string of the molecule is C[C@H](O)CN1CCN(C(=O)Nc2ccccc2OC[C@@H]2CCCCO2)C[C@H]1C. The molecule has 0 aliphatic carbocycles. The summed E-state index contributed by atoms with van der Waals surface area (Å²) in [6.45, 7) is 7.85. The molecule has 2 fully saturated rings. The first-order valence-corrected chi connectivity index (χ1v) is 10.3. The van der Waals surface area contributed by atoms with Crippen molar-refractivity contribution in [3.8, 4) is 5.75 Å². The van der Waals surface area contributed by atoms with Gasteiger partial charge in [-0.3, -0.25) is 4.90 Å².